The molecule has 2 N–H and O–H groups in total. The van der Waals surface area contributed by atoms with Gasteiger partial charge in [-0.2, -0.15) is 0 Å². The number of hydrogen-bond donors (Lipinski definition) is 2. The fourth-order valence-electron chi connectivity index (χ4n) is 1.69. The fourth-order valence-corrected chi connectivity index (χ4v) is 3.13. The summed E-state index contributed by atoms with van der Waals surface area (Å²) in [5.41, 5.74) is 0.968. The van der Waals surface area contributed by atoms with Crippen LogP contribution in [0.4, 0.5) is 0 Å². The van der Waals surface area contributed by atoms with Gasteiger partial charge in [0.1, 0.15) is 0 Å². The Morgan fingerprint density at radius 2 is 1.71 bits per heavy atom. The molecule has 0 aliphatic carbocycles. The lowest BCUT2D eigenvalue weighted by molar-refractivity contribution is -0.136. The van der Waals surface area contributed by atoms with Gasteiger partial charge in [0.15, 0.2) is 0 Å². The number of benzene rings is 2. The SMILES string of the molecule is O=C(O)Cc1ccc(Sc2ccc(C(=O)O)cc2Br)cc1. The van der Waals surface area contributed by atoms with E-state index in [9.17, 15) is 9.59 Å². The maximum atomic E-state index is 10.9. The first-order valence-electron chi connectivity index (χ1n) is 5.97. The predicted octanol–water partition coefficient (Wildman–Crippen LogP) is 3.93. The third kappa shape index (κ3) is 4.34. The molecule has 0 saturated carbocycles. The summed E-state index contributed by atoms with van der Waals surface area (Å²) in [6, 6.07) is 12.1. The van der Waals surface area contributed by atoms with E-state index < -0.39 is 11.9 Å². The molecule has 0 saturated heterocycles. The third-order valence-electron chi connectivity index (χ3n) is 2.69. The summed E-state index contributed by atoms with van der Waals surface area (Å²) in [5.74, 6) is -1.83. The maximum Gasteiger partial charge on any atom is 0.335 e. The first-order chi connectivity index (χ1) is 9.95. The van der Waals surface area contributed by atoms with Crippen molar-refractivity contribution in [2.75, 3.05) is 0 Å². The molecule has 4 nitrogen and oxygen atoms in total. The van der Waals surface area contributed by atoms with Gasteiger partial charge in [0, 0.05) is 14.3 Å². The average Bonchev–Trinajstić information content (AvgIpc) is 2.42. The van der Waals surface area contributed by atoms with Crippen molar-refractivity contribution in [3.8, 4) is 0 Å². The van der Waals surface area contributed by atoms with E-state index in [-0.39, 0.29) is 12.0 Å². The molecule has 0 heterocycles. The van der Waals surface area contributed by atoms with Crippen LogP contribution in [0.15, 0.2) is 56.7 Å². The molecule has 0 aromatic heterocycles. The van der Waals surface area contributed by atoms with Crippen molar-refractivity contribution in [1.82, 2.24) is 0 Å². The van der Waals surface area contributed by atoms with E-state index in [4.69, 9.17) is 10.2 Å². The van der Waals surface area contributed by atoms with Gasteiger partial charge >= 0.3 is 11.9 Å². The third-order valence-corrected chi connectivity index (χ3v) is 4.69. The second kappa shape index (κ2) is 6.78. The van der Waals surface area contributed by atoms with Crippen LogP contribution in [0.5, 0.6) is 0 Å². The molecule has 0 aliphatic rings. The number of carboxylic acid groups (broad SMARTS) is 2. The highest BCUT2D eigenvalue weighted by molar-refractivity contribution is 9.10. The average molecular weight is 367 g/mol. The number of hydrogen-bond acceptors (Lipinski definition) is 3. The van der Waals surface area contributed by atoms with Crippen molar-refractivity contribution >= 4 is 39.6 Å². The molecular weight excluding hydrogens is 356 g/mol. The number of aliphatic carboxylic acids is 1. The topological polar surface area (TPSA) is 74.6 Å². The second-order valence-corrected chi connectivity index (χ2v) is 6.24. The van der Waals surface area contributed by atoms with Crippen molar-refractivity contribution in [2.24, 2.45) is 0 Å². The maximum absolute atomic E-state index is 10.9. The van der Waals surface area contributed by atoms with Gasteiger partial charge in [-0.05, 0) is 51.8 Å². The Bertz CT molecular complexity index is 683. The molecule has 0 aliphatic heterocycles. The van der Waals surface area contributed by atoms with Gasteiger partial charge in [-0.25, -0.2) is 4.79 Å². The van der Waals surface area contributed by atoms with Crippen molar-refractivity contribution in [1.29, 1.82) is 0 Å². The Kier molecular flexibility index (Phi) is 5.03. The zero-order valence-electron chi connectivity index (χ0n) is 10.7. The standard InChI is InChI=1S/C15H11BrO4S/c16-12-8-10(15(19)20)3-6-13(12)21-11-4-1-9(2-5-11)7-14(17)18/h1-6,8H,7H2,(H,17,18)(H,19,20). The Hall–Kier alpha value is -1.79. The Morgan fingerprint density at radius 3 is 2.24 bits per heavy atom. The molecule has 0 amide bonds. The van der Waals surface area contributed by atoms with Gasteiger partial charge in [-0.15, -0.1) is 0 Å². The summed E-state index contributed by atoms with van der Waals surface area (Å²) in [5, 5.41) is 17.6. The number of rotatable bonds is 5. The zero-order chi connectivity index (χ0) is 15.4. The summed E-state index contributed by atoms with van der Waals surface area (Å²) < 4.78 is 0.710. The lowest BCUT2D eigenvalue weighted by atomic mass is 10.2. The minimum atomic E-state index is -0.967. The van der Waals surface area contributed by atoms with Crippen LogP contribution in [-0.4, -0.2) is 22.2 Å². The van der Waals surface area contributed by atoms with Gasteiger partial charge in [-0.3, -0.25) is 4.79 Å². The van der Waals surface area contributed by atoms with Crippen LogP contribution in [0.3, 0.4) is 0 Å². The zero-order valence-corrected chi connectivity index (χ0v) is 13.1. The van der Waals surface area contributed by atoms with E-state index in [1.54, 1.807) is 30.3 Å². The highest BCUT2D eigenvalue weighted by Gasteiger charge is 2.08. The van der Waals surface area contributed by atoms with E-state index >= 15 is 0 Å². The van der Waals surface area contributed by atoms with Crippen molar-refractivity contribution in [3.05, 3.63) is 58.1 Å². The van der Waals surface area contributed by atoms with E-state index in [0.717, 1.165) is 15.4 Å². The molecule has 0 spiro atoms. The molecule has 21 heavy (non-hydrogen) atoms. The molecule has 0 unspecified atom stereocenters. The van der Waals surface area contributed by atoms with Crippen LogP contribution in [-0.2, 0) is 11.2 Å². The minimum Gasteiger partial charge on any atom is -0.481 e. The summed E-state index contributed by atoms with van der Waals surface area (Å²) in [7, 11) is 0. The van der Waals surface area contributed by atoms with Gasteiger partial charge in [0.25, 0.3) is 0 Å². The van der Waals surface area contributed by atoms with Crippen molar-refractivity contribution in [2.45, 2.75) is 16.2 Å². The van der Waals surface area contributed by atoms with Crippen LogP contribution < -0.4 is 0 Å². The molecule has 2 aromatic rings. The number of aromatic carboxylic acids is 1. The van der Waals surface area contributed by atoms with Crippen LogP contribution in [0, 0.1) is 0 Å². The molecule has 108 valence electrons. The van der Waals surface area contributed by atoms with Crippen molar-refractivity contribution in [3.63, 3.8) is 0 Å². The molecule has 0 bridgehead atoms. The first kappa shape index (κ1) is 15.6. The van der Waals surface area contributed by atoms with Gasteiger partial charge in [0.05, 0.1) is 12.0 Å². The van der Waals surface area contributed by atoms with Crippen LogP contribution in [0.2, 0.25) is 0 Å². The summed E-state index contributed by atoms with van der Waals surface area (Å²) in [6.45, 7) is 0. The van der Waals surface area contributed by atoms with Gasteiger partial charge in [0.2, 0.25) is 0 Å². The molecule has 0 fully saturated rings. The fraction of sp³-hybridized carbons (Fsp3) is 0.0667. The summed E-state index contributed by atoms with van der Waals surface area (Å²) in [6.07, 6.45) is 0.00193. The summed E-state index contributed by atoms with van der Waals surface area (Å²) in [4.78, 5) is 23.3. The van der Waals surface area contributed by atoms with Crippen LogP contribution >= 0.6 is 27.7 Å². The molecule has 6 heteroatoms. The molecule has 0 atom stereocenters. The molecule has 0 radical (unpaired) electrons. The highest BCUT2D eigenvalue weighted by Crippen LogP contribution is 2.34. The largest absolute Gasteiger partial charge is 0.481 e. The van der Waals surface area contributed by atoms with Crippen molar-refractivity contribution < 1.29 is 19.8 Å². The van der Waals surface area contributed by atoms with Gasteiger partial charge in [-0.1, -0.05) is 23.9 Å². The predicted molar refractivity (Wildman–Crippen MR) is 83.0 cm³/mol. The first-order valence-corrected chi connectivity index (χ1v) is 7.58. The van der Waals surface area contributed by atoms with E-state index in [1.165, 1.54) is 11.8 Å². The van der Waals surface area contributed by atoms with E-state index in [2.05, 4.69) is 15.9 Å². The highest BCUT2D eigenvalue weighted by atomic mass is 79.9. The number of carbonyl (C=O) groups is 2. The monoisotopic (exact) mass is 366 g/mol. The smallest absolute Gasteiger partial charge is 0.335 e. The van der Waals surface area contributed by atoms with Crippen LogP contribution in [0.25, 0.3) is 0 Å². The number of carboxylic acids is 2. The molecule has 2 aromatic carbocycles. The minimum absolute atomic E-state index is 0.00193. The summed E-state index contributed by atoms with van der Waals surface area (Å²) >= 11 is 4.83. The van der Waals surface area contributed by atoms with Crippen LogP contribution in [0.1, 0.15) is 15.9 Å². The normalized spacial score (nSPS) is 10.3. The number of halogens is 1. The molecular formula is C15H11BrO4S. The Labute approximate surface area is 133 Å². The quantitative estimate of drug-likeness (QED) is 0.838. The van der Waals surface area contributed by atoms with E-state index in [0.29, 0.717) is 4.47 Å². The lowest BCUT2D eigenvalue weighted by Gasteiger charge is -2.06. The second-order valence-electron chi connectivity index (χ2n) is 4.27. The Morgan fingerprint density at radius 1 is 1.05 bits per heavy atom. The van der Waals surface area contributed by atoms with E-state index in [1.807, 2.05) is 12.1 Å². The Balaban J connectivity index is 2.14. The lowest BCUT2D eigenvalue weighted by Crippen LogP contribution is -1.99. The molecule has 2 rings (SSSR count). The van der Waals surface area contributed by atoms with Gasteiger partial charge < -0.3 is 10.2 Å².